The molecule has 3 rings (SSSR count). The number of amides is 1. The van der Waals surface area contributed by atoms with Crippen LogP contribution in [0.5, 0.6) is 0 Å². The molecular formula is C18H22N2O3S2. The Morgan fingerprint density at radius 1 is 1.28 bits per heavy atom. The maximum absolute atomic E-state index is 12.2. The normalized spacial score (nSPS) is 19.1. The number of nitrogens with zero attached hydrogens (tertiary/aromatic N) is 1. The molecule has 1 fully saturated rings. The van der Waals surface area contributed by atoms with Crippen LogP contribution >= 0.6 is 11.3 Å². The molecule has 1 atom stereocenters. The van der Waals surface area contributed by atoms with E-state index in [-0.39, 0.29) is 29.8 Å². The lowest BCUT2D eigenvalue weighted by molar-refractivity contribution is -0.116. The number of benzene rings is 1. The van der Waals surface area contributed by atoms with Gasteiger partial charge < -0.3 is 5.32 Å². The molecule has 1 N–H and O–H groups in total. The fourth-order valence-electron chi connectivity index (χ4n) is 3.50. The van der Waals surface area contributed by atoms with Crippen LogP contribution in [0.4, 0.5) is 5.13 Å². The second kappa shape index (κ2) is 6.88. The van der Waals surface area contributed by atoms with Crippen LogP contribution in [0.25, 0.3) is 11.3 Å². The molecule has 1 amide bonds. The summed E-state index contributed by atoms with van der Waals surface area (Å²) in [6.45, 7) is 6.20. The molecule has 1 saturated heterocycles. The Balaban J connectivity index is 1.69. The number of hydrogen-bond acceptors (Lipinski definition) is 5. The Hall–Kier alpha value is -1.73. The highest BCUT2D eigenvalue weighted by molar-refractivity contribution is 7.91. The number of rotatable bonds is 4. The Labute approximate surface area is 152 Å². The summed E-state index contributed by atoms with van der Waals surface area (Å²) in [5, 5.41) is 5.31. The Morgan fingerprint density at radius 3 is 2.56 bits per heavy atom. The summed E-state index contributed by atoms with van der Waals surface area (Å²) < 4.78 is 23.0. The molecular weight excluding hydrogens is 356 g/mol. The van der Waals surface area contributed by atoms with Crippen LogP contribution in [0.2, 0.25) is 0 Å². The minimum atomic E-state index is -2.95. The zero-order valence-corrected chi connectivity index (χ0v) is 16.3. The van der Waals surface area contributed by atoms with E-state index in [1.165, 1.54) is 16.9 Å². The lowest BCUT2D eigenvalue weighted by atomic mass is 9.98. The standard InChI is InChI=1S/C18H22N2O3S2/c1-11-6-12(2)17(13(3)7-11)15-9-24-18(19-15)20-16(21)8-14-4-5-25(22,23)10-14/h6-7,9,14H,4-5,8,10H2,1-3H3,(H,19,20,21)/t14-/m0/s1. The van der Waals surface area contributed by atoms with Crippen LogP contribution < -0.4 is 5.32 Å². The maximum Gasteiger partial charge on any atom is 0.226 e. The van der Waals surface area contributed by atoms with Crippen molar-refractivity contribution >= 4 is 32.2 Å². The molecule has 0 radical (unpaired) electrons. The predicted molar refractivity (Wildman–Crippen MR) is 102 cm³/mol. The first-order chi connectivity index (χ1) is 11.7. The molecule has 0 saturated carbocycles. The summed E-state index contributed by atoms with van der Waals surface area (Å²) in [4.78, 5) is 16.7. The molecule has 2 aromatic rings. The van der Waals surface area contributed by atoms with Crippen molar-refractivity contribution in [1.29, 1.82) is 0 Å². The lowest BCUT2D eigenvalue weighted by Crippen LogP contribution is -2.17. The second-order valence-corrected chi connectivity index (χ2v) is 9.92. The van der Waals surface area contributed by atoms with Crippen LogP contribution in [0, 0.1) is 26.7 Å². The quantitative estimate of drug-likeness (QED) is 0.883. The molecule has 0 bridgehead atoms. The van der Waals surface area contributed by atoms with E-state index < -0.39 is 9.84 Å². The minimum absolute atomic E-state index is 0.0778. The fraction of sp³-hybridized carbons (Fsp3) is 0.444. The van der Waals surface area contributed by atoms with Crippen molar-refractivity contribution in [2.75, 3.05) is 16.8 Å². The predicted octanol–water partition coefficient (Wildman–Crippen LogP) is 3.50. The highest BCUT2D eigenvalue weighted by Crippen LogP contribution is 2.31. The van der Waals surface area contributed by atoms with Crippen LogP contribution in [0.1, 0.15) is 29.5 Å². The van der Waals surface area contributed by atoms with Crippen molar-refractivity contribution in [2.24, 2.45) is 5.92 Å². The van der Waals surface area contributed by atoms with Crippen molar-refractivity contribution < 1.29 is 13.2 Å². The van der Waals surface area contributed by atoms with E-state index in [1.807, 2.05) is 5.38 Å². The van der Waals surface area contributed by atoms with Crippen LogP contribution in [-0.2, 0) is 14.6 Å². The second-order valence-electron chi connectivity index (χ2n) is 6.83. The van der Waals surface area contributed by atoms with Gasteiger partial charge in [-0.05, 0) is 44.2 Å². The van der Waals surface area contributed by atoms with Gasteiger partial charge in [-0.15, -0.1) is 11.3 Å². The fourth-order valence-corrected chi connectivity index (χ4v) is 6.08. The monoisotopic (exact) mass is 378 g/mol. The van der Waals surface area contributed by atoms with Gasteiger partial charge in [-0.1, -0.05) is 17.7 Å². The van der Waals surface area contributed by atoms with E-state index in [2.05, 4.69) is 43.2 Å². The number of sulfone groups is 1. The summed E-state index contributed by atoms with van der Waals surface area (Å²) in [5.41, 5.74) is 5.51. The van der Waals surface area contributed by atoms with E-state index in [4.69, 9.17) is 0 Å². The number of nitrogens with one attached hydrogen (secondary N) is 1. The SMILES string of the molecule is Cc1cc(C)c(-c2csc(NC(=O)C[C@@H]3CCS(=O)(=O)C3)n2)c(C)c1. The number of aromatic nitrogens is 1. The van der Waals surface area contributed by atoms with Crippen molar-refractivity contribution in [3.63, 3.8) is 0 Å². The maximum atomic E-state index is 12.2. The number of thiazole rings is 1. The molecule has 1 aromatic carbocycles. The van der Waals surface area contributed by atoms with Gasteiger partial charge >= 0.3 is 0 Å². The topological polar surface area (TPSA) is 76.1 Å². The Morgan fingerprint density at radius 2 is 1.96 bits per heavy atom. The number of carbonyl (C=O) groups excluding carboxylic acids is 1. The first kappa shape index (κ1) is 18.1. The first-order valence-corrected chi connectivity index (χ1v) is 11.0. The Bertz CT molecular complexity index is 893. The minimum Gasteiger partial charge on any atom is -0.302 e. The molecule has 0 spiro atoms. The molecule has 0 aliphatic carbocycles. The van der Waals surface area contributed by atoms with Gasteiger partial charge in [0.2, 0.25) is 5.91 Å². The van der Waals surface area contributed by atoms with Crippen LogP contribution in [0.15, 0.2) is 17.5 Å². The van der Waals surface area contributed by atoms with Gasteiger partial charge in [-0.2, -0.15) is 0 Å². The molecule has 7 heteroatoms. The van der Waals surface area contributed by atoms with Gasteiger partial charge in [-0.3, -0.25) is 4.79 Å². The van der Waals surface area contributed by atoms with Gasteiger partial charge in [0.25, 0.3) is 0 Å². The molecule has 0 unspecified atom stereocenters. The van der Waals surface area contributed by atoms with E-state index in [1.54, 1.807) is 0 Å². The zero-order chi connectivity index (χ0) is 18.2. The number of carbonyl (C=O) groups is 1. The molecule has 1 aromatic heterocycles. The molecule has 25 heavy (non-hydrogen) atoms. The van der Waals surface area contributed by atoms with Crippen molar-refractivity contribution in [2.45, 2.75) is 33.6 Å². The van der Waals surface area contributed by atoms with Crippen molar-refractivity contribution in [3.05, 3.63) is 34.2 Å². The van der Waals surface area contributed by atoms with Crippen molar-refractivity contribution in [1.82, 2.24) is 4.98 Å². The Kier molecular flexibility index (Phi) is 4.97. The summed E-state index contributed by atoms with van der Waals surface area (Å²) in [7, 11) is -2.95. The van der Waals surface area contributed by atoms with Crippen molar-refractivity contribution in [3.8, 4) is 11.3 Å². The van der Waals surface area contributed by atoms with Gasteiger partial charge in [0.05, 0.1) is 17.2 Å². The van der Waals surface area contributed by atoms with Gasteiger partial charge in [0.1, 0.15) is 0 Å². The summed E-state index contributed by atoms with van der Waals surface area (Å²) in [6, 6.07) is 4.25. The number of hydrogen-bond donors (Lipinski definition) is 1. The van der Waals surface area contributed by atoms with Gasteiger partial charge in [0.15, 0.2) is 15.0 Å². The van der Waals surface area contributed by atoms with Gasteiger partial charge in [-0.25, -0.2) is 13.4 Å². The lowest BCUT2D eigenvalue weighted by Gasteiger charge is -2.09. The molecule has 1 aliphatic heterocycles. The molecule has 2 heterocycles. The smallest absolute Gasteiger partial charge is 0.226 e. The zero-order valence-electron chi connectivity index (χ0n) is 14.6. The molecule has 1 aliphatic rings. The third kappa shape index (κ3) is 4.27. The third-order valence-electron chi connectivity index (χ3n) is 4.48. The van der Waals surface area contributed by atoms with E-state index in [9.17, 15) is 13.2 Å². The largest absolute Gasteiger partial charge is 0.302 e. The van der Waals surface area contributed by atoms with Gasteiger partial charge in [0, 0.05) is 17.4 Å². The number of aryl methyl sites for hydroxylation is 3. The summed E-state index contributed by atoms with van der Waals surface area (Å²) in [5.74, 6) is 0.0650. The molecule has 5 nitrogen and oxygen atoms in total. The summed E-state index contributed by atoms with van der Waals surface area (Å²) >= 11 is 1.39. The summed E-state index contributed by atoms with van der Waals surface area (Å²) in [6.07, 6.45) is 0.803. The number of anilines is 1. The van der Waals surface area contributed by atoms with Crippen LogP contribution in [-0.4, -0.2) is 30.8 Å². The average molecular weight is 379 g/mol. The third-order valence-corrected chi connectivity index (χ3v) is 7.08. The van der Waals surface area contributed by atoms with E-state index in [0.717, 1.165) is 22.4 Å². The highest BCUT2D eigenvalue weighted by Gasteiger charge is 2.29. The molecule has 134 valence electrons. The average Bonchev–Trinajstić information content (AvgIpc) is 3.04. The van der Waals surface area contributed by atoms with E-state index in [0.29, 0.717) is 11.6 Å². The van der Waals surface area contributed by atoms with Crippen LogP contribution in [0.3, 0.4) is 0 Å². The first-order valence-electron chi connectivity index (χ1n) is 8.27. The van der Waals surface area contributed by atoms with E-state index >= 15 is 0 Å². The highest BCUT2D eigenvalue weighted by atomic mass is 32.2.